The highest BCUT2D eigenvalue weighted by atomic mass is 15.1. The maximum absolute atomic E-state index is 3.71. The van der Waals surface area contributed by atoms with Gasteiger partial charge < -0.3 is 10.2 Å². The minimum absolute atomic E-state index is 0.509. The lowest BCUT2D eigenvalue weighted by Crippen LogP contribution is -2.48. The van der Waals surface area contributed by atoms with Crippen LogP contribution in [-0.2, 0) is 0 Å². The highest BCUT2D eigenvalue weighted by Crippen LogP contribution is 2.39. The van der Waals surface area contributed by atoms with E-state index in [0.717, 1.165) is 5.92 Å². The average Bonchev–Trinajstić information content (AvgIpc) is 2.38. The van der Waals surface area contributed by atoms with E-state index in [1.165, 1.54) is 45.2 Å². The topological polar surface area (TPSA) is 15.3 Å². The van der Waals surface area contributed by atoms with E-state index in [1.54, 1.807) is 0 Å². The van der Waals surface area contributed by atoms with Crippen molar-refractivity contribution in [3.63, 3.8) is 0 Å². The molecule has 0 bridgehead atoms. The zero-order chi connectivity index (χ0) is 14.5. The van der Waals surface area contributed by atoms with Crippen molar-refractivity contribution in [3.05, 3.63) is 0 Å². The molecule has 0 radical (unpaired) electrons. The van der Waals surface area contributed by atoms with Crippen molar-refractivity contribution < 1.29 is 0 Å². The van der Waals surface area contributed by atoms with E-state index in [4.69, 9.17) is 0 Å². The van der Waals surface area contributed by atoms with Gasteiger partial charge in [0.2, 0.25) is 0 Å². The molecule has 1 unspecified atom stereocenters. The standard InChI is InChI=1S/C17H36N2/c1-7-16(5)19(6)13-17(12-18-14(2)3)10-8-15(4)9-11-17/h14-16,18H,7-13H2,1-6H3. The number of rotatable bonds is 7. The molecule has 0 aromatic heterocycles. The van der Waals surface area contributed by atoms with Crippen LogP contribution in [0.15, 0.2) is 0 Å². The Labute approximate surface area is 121 Å². The third-order valence-electron chi connectivity index (χ3n) is 5.15. The molecule has 0 aromatic rings. The van der Waals surface area contributed by atoms with Crippen molar-refractivity contribution in [2.45, 2.75) is 78.8 Å². The molecule has 0 aliphatic heterocycles. The zero-order valence-electron chi connectivity index (χ0n) is 14.1. The molecule has 0 saturated heterocycles. The Morgan fingerprint density at radius 2 is 1.79 bits per heavy atom. The molecule has 0 heterocycles. The van der Waals surface area contributed by atoms with Crippen LogP contribution in [0.1, 0.15) is 66.7 Å². The molecule has 1 atom stereocenters. The quantitative estimate of drug-likeness (QED) is 0.753. The van der Waals surface area contributed by atoms with Crippen molar-refractivity contribution in [3.8, 4) is 0 Å². The van der Waals surface area contributed by atoms with Crippen LogP contribution in [0.4, 0.5) is 0 Å². The van der Waals surface area contributed by atoms with Gasteiger partial charge in [-0.05, 0) is 44.6 Å². The van der Waals surface area contributed by atoms with E-state index in [0.29, 0.717) is 17.5 Å². The van der Waals surface area contributed by atoms with Crippen LogP contribution >= 0.6 is 0 Å². The van der Waals surface area contributed by atoms with Gasteiger partial charge in [-0.25, -0.2) is 0 Å². The van der Waals surface area contributed by atoms with Crippen LogP contribution in [0.2, 0.25) is 0 Å². The Morgan fingerprint density at radius 1 is 1.21 bits per heavy atom. The summed E-state index contributed by atoms with van der Waals surface area (Å²) in [6.45, 7) is 14.0. The van der Waals surface area contributed by atoms with Crippen LogP contribution in [0, 0.1) is 11.3 Å². The monoisotopic (exact) mass is 268 g/mol. The van der Waals surface area contributed by atoms with Crippen LogP contribution in [-0.4, -0.2) is 37.1 Å². The summed E-state index contributed by atoms with van der Waals surface area (Å²) in [5.74, 6) is 0.932. The molecule has 0 spiro atoms. The smallest absolute Gasteiger partial charge is 0.00614 e. The molecule has 1 aliphatic carbocycles. The number of hydrogen-bond acceptors (Lipinski definition) is 2. The number of nitrogens with zero attached hydrogens (tertiary/aromatic N) is 1. The number of nitrogens with one attached hydrogen (secondary N) is 1. The SMILES string of the molecule is CCC(C)N(C)CC1(CNC(C)C)CCC(C)CC1. The maximum atomic E-state index is 3.71. The van der Waals surface area contributed by atoms with Crippen LogP contribution in [0.5, 0.6) is 0 Å². The second-order valence-electron chi connectivity index (χ2n) is 7.39. The minimum Gasteiger partial charge on any atom is -0.314 e. The fraction of sp³-hybridized carbons (Fsp3) is 1.00. The molecule has 19 heavy (non-hydrogen) atoms. The third-order valence-corrected chi connectivity index (χ3v) is 5.15. The average molecular weight is 268 g/mol. The highest BCUT2D eigenvalue weighted by molar-refractivity contribution is 4.90. The van der Waals surface area contributed by atoms with Crippen LogP contribution in [0.25, 0.3) is 0 Å². The molecule has 1 fully saturated rings. The second-order valence-corrected chi connectivity index (χ2v) is 7.39. The van der Waals surface area contributed by atoms with Gasteiger partial charge in [0, 0.05) is 25.2 Å². The highest BCUT2D eigenvalue weighted by Gasteiger charge is 2.35. The molecule has 1 aliphatic rings. The lowest BCUT2D eigenvalue weighted by molar-refractivity contribution is 0.0793. The first kappa shape index (κ1) is 17.0. The fourth-order valence-electron chi connectivity index (χ4n) is 3.18. The van der Waals surface area contributed by atoms with Crippen molar-refractivity contribution in [2.75, 3.05) is 20.1 Å². The molecule has 1 rings (SSSR count). The van der Waals surface area contributed by atoms with Crippen LogP contribution < -0.4 is 5.32 Å². The van der Waals surface area contributed by atoms with Crippen molar-refractivity contribution in [2.24, 2.45) is 11.3 Å². The molecule has 0 aromatic carbocycles. The van der Waals surface area contributed by atoms with Gasteiger partial charge in [0.05, 0.1) is 0 Å². The summed E-state index contributed by atoms with van der Waals surface area (Å²) in [6, 6.07) is 1.31. The molecule has 114 valence electrons. The Hall–Kier alpha value is -0.0800. The first-order valence-electron chi connectivity index (χ1n) is 8.32. The van der Waals surface area contributed by atoms with Gasteiger partial charge in [0.25, 0.3) is 0 Å². The summed E-state index contributed by atoms with van der Waals surface area (Å²) in [4.78, 5) is 2.58. The van der Waals surface area contributed by atoms with Crippen molar-refractivity contribution in [1.29, 1.82) is 0 Å². The minimum atomic E-state index is 0.509. The maximum Gasteiger partial charge on any atom is 0.00614 e. The largest absolute Gasteiger partial charge is 0.314 e. The van der Waals surface area contributed by atoms with Gasteiger partial charge >= 0.3 is 0 Å². The fourth-order valence-corrected chi connectivity index (χ4v) is 3.18. The third kappa shape index (κ3) is 5.43. The van der Waals surface area contributed by atoms with E-state index in [9.17, 15) is 0 Å². The van der Waals surface area contributed by atoms with Gasteiger partial charge in [-0.3, -0.25) is 0 Å². The Bertz CT molecular complexity index is 242. The first-order valence-corrected chi connectivity index (χ1v) is 8.32. The van der Waals surface area contributed by atoms with Gasteiger partial charge in [0.1, 0.15) is 0 Å². The van der Waals surface area contributed by atoms with Crippen molar-refractivity contribution >= 4 is 0 Å². The Kier molecular flexibility index (Phi) is 6.82. The zero-order valence-corrected chi connectivity index (χ0v) is 14.1. The second kappa shape index (κ2) is 7.64. The van der Waals surface area contributed by atoms with E-state index >= 15 is 0 Å². The molecule has 1 saturated carbocycles. The first-order chi connectivity index (χ1) is 8.88. The van der Waals surface area contributed by atoms with Gasteiger partial charge in [-0.15, -0.1) is 0 Å². The van der Waals surface area contributed by atoms with Gasteiger partial charge in [0.15, 0.2) is 0 Å². The molecule has 2 heteroatoms. The van der Waals surface area contributed by atoms with E-state index < -0.39 is 0 Å². The van der Waals surface area contributed by atoms with E-state index in [2.05, 4.69) is 51.9 Å². The van der Waals surface area contributed by atoms with E-state index in [-0.39, 0.29) is 0 Å². The van der Waals surface area contributed by atoms with Crippen LogP contribution in [0.3, 0.4) is 0 Å². The Morgan fingerprint density at radius 3 is 2.26 bits per heavy atom. The number of hydrogen-bond donors (Lipinski definition) is 1. The predicted molar refractivity (Wildman–Crippen MR) is 85.6 cm³/mol. The van der Waals surface area contributed by atoms with Crippen molar-refractivity contribution in [1.82, 2.24) is 10.2 Å². The predicted octanol–water partition coefficient (Wildman–Crippen LogP) is 3.91. The summed E-state index contributed by atoms with van der Waals surface area (Å²) >= 11 is 0. The molecule has 0 amide bonds. The summed E-state index contributed by atoms with van der Waals surface area (Å²) in [5, 5.41) is 3.71. The summed E-state index contributed by atoms with van der Waals surface area (Å²) < 4.78 is 0. The summed E-state index contributed by atoms with van der Waals surface area (Å²) in [6.07, 6.45) is 6.87. The summed E-state index contributed by atoms with van der Waals surface area (Å²) in [5.41, 5.74) is 0.509. The molecule has 2 nitrogen and oxygen atoms in total. The summed E-state index contributed by atoms with van der Waals surface area (Å²) in [7, 11) is 2.31. The Balaban J connectivity index is 2.63. The lowest BCUT2D eigenvalue weighted by atomic mass is 9.70. The van der Waals surface area contributed by atoms with Gasteiger partial charge in [-0.1, -0.05) is 40.5 Å². The molecular formula is C17H36N2. The van der Waals surface area contributed by atoms with E-state index in [1.807, 2.05) is 0 Å². The normalized spacial score (nSPS) is 30.0. The molecular weight excluding hydrogens is 232 g/mol. The van der Waals surface area contributed by atoms with Gasteiger partial charge in [-0.2, -0.15) is 0 Å². The molecule has 1 N–H and O–H groups in total. The lowest BCUT2D eigenvalue weighted by Gasteiger charge is -2.44.